The first kappa shape index (κ1) is 9.69. The molecule has 0 atom stereocenters. The maximum atomic E-state index is 7.48. The lowest BCUT2D eigenvalue weighted by Crippen LogP contribution is -2.32. The van der Waals surface area contributed by atoms with Gasteiger partial charge in [0, 0.05) is 13.1 Å². The van der Waals surface area contributed by atoms with Crippen molar-refractivity contribution in [2.45, 2.75) is 19.3 Å². The van der Waals surface area contributed by atoms with Gasteiger partial charge in [-0.2, -0.15) is 5.84 Å². The number of rotatable bonds is 2. The average Bonchev–Trinajstić information content (AvgIpc) is 2.23. The van der Waals surface area contributed by atoms with Gasteiger partial charge in [-0.15, -0.1) is 0 Å². The number of nitrogens with zero attached hydrogens (tertiary/aromatic N) is 1. The fraction of sp³-hybridized carbons (Fsp3) is 0.500. The lowest BCUT2D eigenvalue weighted by atomic mass is 9.91. The van der Waals surface area contributed by atoms with E-state index in [0.29, 0.717) is 0 Å². The van der Waals surface area contributed by atoms with Gasteiger partial charge in [-0.25, -0.2) is 5.01 Å². The van der Waals surface area contributed by atoms with Gasteiger partial charge in [0.2, 0.25) is 0 Å². The quantitative estimate of drug-likeness (QED) is 0.700. The summed E-state index contributed by atoms with van der Waals surface area (Å²) < 4.78 is 0. The van der Waals surface area contributed by atoms with E-state index in [1.54, 1.807) is 5.01 Å². The number of benzene rings is 1. The maximum Gasteiger partial charge on any atom is 0.0147 e. The minimum Gasteiger partial charge on any atom is -0.230 e. The molecule has 75 valence electrons. The molecule has 1 aromatic carbocycles. The van der Waals surface area contributed by atoms with E-state index in [2.05, 4.69) is 30.3 Å². The average molecular weight is 189 g/mol. The highest BCUT2D eigenvalue weighted by molar-refractivity contribution is 5.15. The van der Waals surface area contributed by atoms with Crippen molar-refractivity contribution in [2.75, 3.05) is 13.1 Å². The third-order valence-electron chi connectivity index (χ3n) is 2.98. The van der Waals surface area contributed by atoms with Crippen LogP contribution in [0.1, 0.15) is 18.4 Å². The van der Waals surface area contributed by atoms with Crippen LogP contribution in [0.4, 0.5) is 0 Å². The summed E-state index contributed by atoms with van der Waals surface area (Å²) in [5, 5.41) is 1.68. The zero-order valence-electron chi connectivity index (χ0n) is 8.45. The van der Waals surface area contributed by atoms with E-state index in [9.17, 15) is 0 Å². The van der Waals surface area contributed by atoms with Crippen LogP contribution < -0.4 is 5.84 Å². The Hall–Kier alpha value is -0.860. The van der Waals surface area contributed by atoms with Crippen LogP contribution in [0.5, 0.6) is 0 Å². The monoisotopic (exact) mass is 189 g/mol. The van der Waals surface area contributed by atoms with Gasteiger partial charge < -0.3 is 0 Å². The lowest BCUT2D eigenvalue weighted by molar-refractivity contribution is 0.176. The van der Waals surface area contributed by atoms with E-state index in [0.717, 1.165) is 19.0 Å². The van der Waals surface area contributed by atoms with Gasteiger partial charge in [0.15, 0.2) is 0 Å². The molecule has 0 amide bonds. The van der Waals surface area contributed by atoms with Gasteiger partial charge in [0.05, 0.1) is 0 Å². The van der Waals surface area contributed by atoms with Crippen LogP contribution in [0.3, 0.4) is 0 Å². The highest BCUT2D eigenvalue weighted by atomic mass is 15.4. The number of hydrogen-bond donors (Lipinski definition) is 0. The molecule has 1 aliphatic heterocycles. The molecule has 0 saturated carbocycles. The molecule has 2 rings (SSSR count). The van der Waals surface area contributed by atoms with Crippen molar-refractivity contribution in [3.05, 3.63) is 35.9 Å². The maximum absolute atomic E-state index is 7.48. The predicted molar refractivity (Wildman–Crippen MR) is 57.5 cm³/mol. The van der Waals surface area contributed by atoms with Crippen LogP contribution >= 0.6 is 0 Å². The minimum atomic E-state index is 0.791. The minimum absolute atomic E-state index is 0.791. The molecule has 0 aliphatic carbocycles. The molecule has 1 heterocycles. The van der Waals surface area contributed by atoms with Gasteiger partial charge >= 0.3 is 0 Å². The third-order valence-corrected chi connectivity index (χ3v) is 2.98. The molecule has 2 heteroatoms. The normalized spacial score (nSPS) is 19.8. The van der Waals surface area contributed by atoms with E-state index in [-0.39, 0.29) is 0 Å². The van der Waals surface area contributed by atoms with E-state index < -0.39 is 0 Å². The van der Waals surface area contributed by atoms with Gasteiger partial charge in [0.25, 0.3) is 0 Å². The van der Waals surface area contributed by atoms with Gasteiger partial charge in [-0.05, 0) is 30.7 Å². The standard InChI is InChI=1S/C12H17N2/c13-14-8-6-12(7-9-14)10-11-4-2-1-3-5-11/h1-5,12-13H,6-10H2. The number of piperidine rings is 1. The van der Waals surface area contributed by atoms with Crippen molar-refractivity contribution in [1.82, 2.24) is 10.9 Å². The Morgan fingerprint density at radius 3 is 2.43 bits per heavy atom. The molecule has 0 bridgehead atoms. The first-order valence-corrected chi connectivity index (χ1v) is 5.35. The first-order chi connectivity index (χ1) is 6.84. The zero-order chi connectivity index (χ0) is 9.80. The Bertz CT molecular complexity index is 263. The van der Waals surface area contributed by atoms with E-state index in [1.807, 2.05) is 0 Å². The first-order valence-electron chi connectivity index (χ1n) is 5.35. The molecule has 0 aromatic heterocycles. The largest absolute Gasteiger partial charge is 0.230 e. The van der Waals surface area contributed by atoms with Crippen molar-refractivity contribution >= 4 is 0 Å². The summed E-state index contributed by atoms with van der Waals surface area (Å²) in [6.07, 6.45) is 3.55. The summed E-state index contributed by atoms with van der Waals surface area (Å²) in [6.45, 7) is 1.88. The molecular weight excluding hydrogens is 172 g/mol. The van der Waals surface area contributed by atoms with Crippen molar-refractivity contribution in [1.29, 1.82) is 0 Å². The van der Waals surface area contributed by atoms with Gasteiger partial charge in [-0.3, -0.25) is 0 Å². The van der Waals surface area contributed by atoms with Crippen LogP contribution in [-0.4, -0.2) is 18.1 Å². The molecular formula is C12H17N2. The molecule has 1 fully saturated rings. The van der Waals surface area contributed by atoms with Crippen LogP contribution in [0.2, 0.25) is 0 Å². The van der Waals surface area contributed by atoms with Crippen molar-refractivity contribution in [3.8, 4) is 0 Å². The summed E-state index contributed by atoms with van der Waals surface area (Å²) in [5.41, 5.74) is 1.44. The molecule has 1 aromatic rings. The number of nitrogens with one attached hydrogen (secondary N) is 1. The zero-order valence-corrected chi connectivity index (χ0v) is 8.45. The SMILES string of the molecule is [NH]N1CCC(Cc2ccccc2)CC1. The second-order valence-corrected chi connectivity index (χ2v) is 4.12. The summed E-state index contributed by atoms with van der Waals surface area (Å²) in [4.78, 5) is 0. The molecule has 1 aliphatic rings. The smallest absolute Gasteiger partial charge is 0.0147 e. The summed E-state index contributed by atoms with van der Waals surface area (Å²) in [7, 11) is 0. The fourth-order valence-electron chi connectivity index (χ4n) is 2.08. The van der Waals surface area contributed by atoms with Crippen molar-refractivity contribution < 1.29 is 0 Å². The van der Waals surface area contributed by atoms with E-state index in [4.69, 9.17) is 5.84 Å². The Balaban J connectivity index is 1.87. The van der Waals surface area contributed by atoms with Crippen molar-refractivity contribution in [2.24, 2.45) is 5.92 Å². The lowest BCUT2D eigenvalue weighted by Gasteiger charge is -2.27. The van der Waals surface area contributed by atoms with Crippen LogP contribution in [0, 0.1) is 5.92 Å². The van der Waals surface area contributed by atoms with Gasteiger partial charge in [0.1, 0.15) is 0 Å². The number of hydrogen-bond acceptors (Lipinski definition) is 1. The van der Waals surface area contributed by atoms with Crippen LogP contribution in [0.25, 0.3) is 0 Å². The Morgan fingerprint density at radius 1 is 1.14 bits per heavy atom. The topological polar surface area (TPSA) is 27.0 Å². The Kier molecular flexibility index (Phi) is 3.17. The van der Waals surface area contributed by atoms with Crippen LogP contribution in [0.15, 0.2) is 30.3 Å². The molecule has 0 unspecified atom stereocenters. The molecule has 1 saturated heterocycles. The summed E-state index contributed by atoms with van der Waals surface area (Å²) >= 11 is 0. The second-order valence-electron chi connectivity index (χ2n) is 4.12. The molecule has 2 nitrogen and oxygen atoms in total. The Morgan fingerprint density at radius 2 is 1.79 bits per heavy atom. The van der Waals surface area contributed by atoms with Gasteiger partial charge in [-0.1, -0.05) is 30.3 Å². The highest BCUT2D eigenvalue weighted by Crippen LogP contribution is 2.20. The molecule has 1 N–H and O–H groups in total. The van der Waals surface area contributed by atoms with E-state index >= 15 is 0 Å². The molecule has 0 spiro atoms. The second kappa shape index (κ2) is 4.58. The summed E-state index contributed by atoms with van der Waals surface area (Å²) in [5.74, 6) is 8.27. The molecule has 1 radical (unpaired) electrons. The third kappa shape index (κ3) is 2.56. The fourth-order valence-corrected chi connectivity index (χ4v) is 2.08. The Labute approximate surface area is 85.7 Å². The summed E-state index contributed by atoms with van der Waals surface area (Å²) in [6, 6.07) is 10.7. The predicted octanol–water partition coefficient (Wildman–Crippen LogP) is 2.14. The van der Waals surface area contributed by atoms with E-state index in [1.165, 1.54) is 24.8 Å². The molecule has 14 heavy (non-hydrogen) atoms. The van der Waals surface area contributed by atoms with Crippen molar-refractivity contribution in [3.63, 3.8) is 0 Å². The highest BCUT2D eigenvalue weighted by Gasteiger charge is 2.17. The van der Waals surface area contributed by atoms with Crippen LogP contribution in [-0.2, 0) is 6.42 Å².